The Morgan fingerprint density at radius 1 is 0.978 bits per heavy atom. The van der Waals surface area contributed by atoms with E-state index in [9.17, 15) is 19.2 Å². The lowest BCUT2D eigenvalue weighted by Crippen LogP contribution is -2.54. The molecule has 0 fully saturated rings. The number of hydrogen-bond donors (Lipinski definition) is 1. The van der Waals surface area contributed by atoms with E-state index in [-0.39, 0.29) is 30.5 Å². The van der Waals surface area contributed by atoms with E-state index in [0.29, 0.717) is 22.8 Å². The number of benzene rings is 3. The second-order valence-corrected chi connectivity index (χ2v) is 12.6. The maximum absolute atomic E-state index is 14.4. The van der Waals surface area contributed by atoms with Gasteiger partial charge < -0.3 is 15.1 Å². The first-order valence-electron chi connectivity index (χ1n) is 15.3. The molecule has 1 aromatic heterocycles. The molecule has 234 valence electrons. The number of rotatable bonds is 10. The molecule has 0 bridgehead atoms. The lowest BCUT2D eigenvalue weighted by atomic mass is 9.86. The molecule has 0 radical (unpaired) electrons. The zero-order chi connectivity index (χ0) is 32.2. The summed E-state index contributed by atoms with van der Waals surface area (Å²) in [5.74, 6) is -2.30. The van der Waals surface area contributed by atoms with Crippen LogP contribution >= 0.6 is 11.3 Å². The summed E-state index contributed by atoms with van der Waals surface area (Å²) in [6.45, 7) is -0.297. The van der Waals surface area contributed by atoms with Gasteiger partial charge in [-0.05, 0) is 61.6 Å². The normalized spacial score (nSPS) is 16.2. The smallest absolute Gasteiger partial charge is 0.299 e. The van der Waals surface area contributed by atoms with E-state index in [0.717, 1.165) is 29.8 Å². The first kappa shape index (κ1) is 30.9. The predicted octanol–water partition coefficient (Wildman–Crippen LogP) is 5.80. The molecule has 1 aliphatic heterocycles. The number of amides is 3. The van der Waals surface area contributed by atoms with Crippen molar-refractivity contribution in [3.63, 3.8) is 0 Å². The highest BCUT2D eigenvalue weighted by atomic mass is 32.1. The van der Waals surface area contributed by atoms with Gasteiger partial charge in [-0.3, -0.25) is 24.1 Å². The minimum atomic E-state index is -0.848. The number of carbonyl (C=O) groups excluding carboxylic acids is 4. The SMILES string of the molecule is CN(C)c1ccc(NC(=O)[C@H]([C@H]2CC=CCC2)N(Cc2nc(-c3ccccc3)cs2)C(=O)CN2C(=O)C(=O)c3ccccc32)cc1. The van der Waals surface area contributed by atoms with Crippen LogP contribution in [0.5, 0.6) is 0 Å². The first-order chi connectivity index (χ1) is 22.3. The van der Waals surface area contributed by atoms with Crippen LogP contribution in [0.15, 0.2) is 96.4 Å². The van der Waals surface area contributed by atoms with Crippen LogP contribution in [0, 0.1) is 5.92 Å². The Labute approximate surface area is 272 Å². The van der Waals surface area contributed by atoms with E-state index in [1.54, 1.807) is 29.2 Å². The first-order valence-corrected chi connectivity index (χ1v) is 16.2. The Balaban J connectivity index is 1.35. The van der Waals surface area contributed by atoms with Gasteiger partial charge >= 0.3 is 0 Å². The molecule has 2 heterocycles. The fourth-order valence-electron chi connectivity index (χ4n) is 6.02. The fourth-order valence-corrected chi connectivity index (χ4v) is 6.82. The average Bonchev–Trinajstić information content (AvgIpc) is 3.64. The Bertz CT molecular complexity index is 1780. The summed E-state index contributed by atoms with van der Waals surface area (Å²) in [4.78, 5) is 64.0. The lowest BCUT2D eigenvalue weighted by Gasteiger charge is -2.37. The van der Waals surface area contributed by atoms with E-state index in [1.807, 2.05) is 79.0 Å². The number of aromatic nitrogens is 1. The van der Waals surface area contributed by atoms with Crippen LogP contribution in [0.4, 0.5) is 17.1 Å². The standard InChI is InChI=1S/C36H35N5O4S/c1-39(2)27-19-17-26(18-20-27)37-35(44)33(25-13-7-4-8-14-25)41(21-31-38-29(23-46-31)24-11-5-3-6-12-24)32(42)22-40-30-16-10-9-15-28(30)34(43)36(40)45/h3-7,9-12,15-20,23,25,33H,8,13-14,21-22H2,1-2H3,(H,37,44)/t25-,33-/m0/s1. The maximum atomic E-state index is 14.4. The summed E-state index contributed by atoms with van der Waals surface area (Å²) >= 11 is 1.42. The molecule has 1 aliphatic carbocycles. The third-order valence-electron chi connectivity index (χ3n) is 8.43. The quantitative estimate of drug-likeness (QED) is 0.175. The van der Waals surface area contributed by atoms with Gasteiger partial charge in [0.15, 0.2) is 0 Å². The number of carbonyl (C=O) groups is 4. The Kier molecular flexibility index (Phi) is 9.07. The van der Waals surface area contributed by atoms with Crippen LogP contribution in [0.2, 0.25) is 0 Å². The Morgan fingerprint density at radius 3 is 2.43 bits per heavy atom. The van der Waals surface area contributed by atoms with E-state index < -0.39 is 23.6 Å². The summed E-state index contributed by atoms with van der Waals surface area (Å²) in [5.41, 5.74) is 4.01. The largest absolute Gasteiger partial charge is 0.378 e. The Morgan fingerprint density at radius 2 is 1.72 bits per heavy atom. The highest BCUT2D eigenvalue weighted by molar-refractivity contribution is 7.09. The minimum absolute atomic E-state index is 0.0752. The van der Waals surface area contributed by atoms with Gasteiger partial charge in [0, 0.05) is 36.4 Å². The Hall–Kier alpha value is -5.09. The number of thiazole rings is 1. The van der Waals surface area contributed by atoms with Gasteiger partial charge in [-0.25, -0.2) is 4.98 Å². The van der Waals surface area contributed by atoms with Crippen LogP contribution in [-0.2, 0) is 20.9 Å². The van der Waals surface area contributed by atoms with Crippen molar-refractivity contribution in [2.45, 2.75) is 31.8 Å². The van der Waals surface area contributed by atoms with Crippen molar-refractivity contribution in [2.24, 2.45) is 5.92 Å². The summed E-state index contributed by atoms with van der Waals surface area (Å²) in [5, 5.41) is 5.66. The molecule has 4 aromatic rings. The van der Waals surface area contributed by atoms with Gasteiger partial charge in [0.2, 0.25) is 11.8 Å². The van der Waals surface area contributed by atoms with Crippen LogP contribution in [0.25, 0.3) is 11.3 Å². The molecule has 0 saturated carbocycles. The van der Waals surface area contributed by atoms with Crippen LogP contribution in [0.3, 0.4) is 0 Å². The van der Waals surface area contributed by atoms with Gasteiger partial charge in [0.25, 0.3) is 11.7 Å². The molecular formula is C36H35N5O4S. The van der Waals surface area contributed by atoms with E-state index >= 15 is 0 Å². The van der Waals surface area contributed by atoms with Crippen molar-refractivity contribution >= 4 is 51.9 Å². The monoisotopic (exact) mass is 633 g/mol. The van der Waals surface area contributed by atoms with Gasteiger partial charge in [-0.1, -0.05) is 54.6 Å². The zero-order valence-electron chi connectivity index (χ0n) is 25.8. The van der Waals surface area contributed by atoms with E-state index in [2.05, 4.69) is 17.5 Å². The third kappa shape index (κ3) is 6.48. The van der Waals surface area contributed by atoms with Crippen molar-refractivity contribution in [1.82, 2.24) is 9.88 Å². The molecule has 46 heavy (non-hydrogen) atoms. The number of allylic oxidation sites excluding steroid dienone is 2. The van der Waals surface area contributed by atoms with Crippen molar-refractivity contribution in [1.29, 1.82) is 0 Å². The van der Waals surface area contributed by atoms with Crippen LogP contribution in [0.1, 0.15) is 34.6 Å². The molecule has 6 rings (SSSR count). The molecule has 0 spiro atoms. The third-order valence-corrected chi connectivity index (χ3v) is 9.26. The lowest BCUT2D eigenvalue weighted by molar-refractivity contribution is -0.140. The van der Waals surface area contributed by atoms with Crippen LogP contribution in [-0.4, -0.2) is 60.1 Å². The molecule has 9 nitrogen and oxygen atoms in total. The predicted molar refractivity (Wildman–Crippen MR) is 181 cm³/mol. The topological polar surface area (TPSA) is 103 Å². The maximum Gasteiger partial charge on any atom is 0.299 e. The molecule has 0 saturated heterocycles. The van der Waals surface area contributed by atoms with Crippen molar-refractivity contribution in [2.75, 3.05) is 35.8 Å². The number of hydrogen-bond acceptors (Lipinski definition) is 7. The fraction of sp³-hybridized carbons (Fsp3) is 0.250. The second-order valence-electron chi connectivity index (χ2n) is 11.7. The molecular weight excluding hydrogens is 598 g/mol. The van der Waals surface area contributed by atoms with Gasteiger partial charge in [0.05, 0.1) is 23.5 Å². The average molecular weight is 634 g/mol. The number of ketones is 1. The second kappa shape index (κ2) is 13.5. The molecule has 2 atom stereocenters. The molecule has 1 N–H and O–H groups in total. The van der Waals surface area contributed by atoms with Crippen molar-refractivity contribution in [3.05, 3.63) is 107 Å². The number of fused-ring (bicyclic) bond motifs is 1. The highest BCUT2D eigenvalue weighted by Crippen LogP contribution is 2.32. The zero-order valence-corrected chi connectivity index (χ0v) is 26.6. The van der Waals surface area contributed by atoms with Crippen LogP contribution < -0.4 is 15.1 Å². The number of nitrogens with one attached hydrogen (secondary N) is 1. The highest BCUT2D eigenvalue weighted by Gasteiger charge is 2.41. The van der Waals surface area contributed by atoms with Gasteiger partial charge in [-0.15, -0.1) is 11.3 Å². The number of para-hydroxylation sites is 1. The van der Waals surface area contributed by atoms with Gasteiger partial charge in [-0.2, -0.15) is 0 Å². The van der Waals surface area contributed by atoms with Gasteiger partial charge in [0.1, 0.15) is 17.6 Å². The molecule has 3 aromatic carbocycles. The van der Waals surface area contributed by atoms with E-state index in [1.165, 1.54) is 16.2 Å². The number of anilines is 3. The number of Topliss-reactive ketones (excluding diaryl/α,β-unsaturated/α-hetero) is 1. The molecule has 2 aliphatic rings. The summed E-state index contributed by atoms with van der Waals surface area (Å²) < 4.78 is 0. The minimum Gasteiger partial charge on any atom is -0.378 e. The molecule has 3 amide bonds. The molecule has 0 unspecified atom stereocenters. The summed E-state index contributed by atoms with van der Waals surface area (Å²) in [6, 6.07) is 23.1. The van der Waals surface area contributed by atoms with Crippen molar-refractivity contribution < 1.29 is 19.2 Å². The summed E-state index contributed by atoms with van der Waals surface area (Å²) in [6.07, 6.45) is 6.28. The number of nitrogens with zero attached hydrogens (tertiary/aromatic N) is 4. The van der Waals surface area contributed by atoms with Crippen molar-refractivity contribution in [3.8, 4) is 11.3 Å². The molecule has 10 heteroatoms. The van der Waals surface area contributed by atoms with E-state index in [4.69, 9.17) is 4.98 Å². The summed E-state index contributed by atoms with van der Waals surface area (Å²) in [7, 11) is 3.89.